The lowest BCUT2D eigenvalue weighted by Crippen LogP contribution is -2.41. The zero-order valence-electron chi connectivity index (χ0n) is 32.9. The van der Waals surface area contributed by atoms with Crippen molar-refractivity contribution in [1.82, 2.24) is 4.90 Å². The van der Waals surface area contributed by atoms with Crippen LogP contribution in [0.5, 0.6) is 0 Å². The van der Waals surface area contributed by atoms with E-state index in [1.165, 1.54) is 75.3 Å². The van der Waals surface area contributed by atoms with Crippen LogP contribution in [0.1, 0.15) is 109 Å². The molecule has 4 unspecified atom stereocenters. The zero-order chi connectivity index (χ0) is 37.6. The molecule has 12 rings (SSSR count). The third-order valence-corrected chi connectivity index (χ3v) is 17.2. The molecule has 0 bridgehead atoms. The van der Waals surface area contributed by atoms with Gasteiger partial charge in [0.15, 0.2) is 0 Å². The molecule has 284 valence electrons. The van der Waals surface area contributed by atoms with Gasteiger partial charge in [0.05, 0.1) is 17.0 Å². The summed E-state index contributed by atoms with van der Waals surface area (Å²) in [6, 6.07) is 35.6. The van der Waals surface area contributed by atoms with Gasteiger partial charge in [0.1, 0.15) is 0 Å². The predicted molar refractivity (Wildman–Crippen MR) is 243 cm³/mol. The predicted octanol–water partition coefficient (Wildman–Crippen LogP) is 14.6. The number of thiophene rings is 1. The Morgan fingerprint density at radius 1 is 0.737 bits per heavy atom. The SMILES string of the molecule is C[C@@H]1CC=C(N(c2ccccc2)c2ccc3c4c2C=CC2CC=C(N(C5CCCCC5)C5CC=Cc6c5sc5ccccc65)C(=C42)CC3)C2Sc3ccccc3C21. The van der Waals surface area contributed by atoms with E-state index in [1.807, 2.05) is 0 Å². The number of nitrogens with zero attached hydrogens (tertiary/aromatic N) is 2. The van der Waals surface area contributed by atoms with Crippen LogP contribution in [0.15, 0.2) is 137 Å². The van der Waals surface area contributed by atoms with Gasteiger partial charge in [-0.2, -0.15) is 0 Å². The standard InChI is InChI=1S/C53H50N2S2/c1-33-23-30-46(53-49(33)42-18-9-11-22-48(42)57-53)55(37-15-6-3-7-16-37)44-32-27-35-24-28-40-43(31-26-34-25-29-41(44)51(35)50(34)40)54(36-13-4-2-5-14-36)45-20-12-19-39-38-17-8-10-21-47(38)56-52(39)45/h3,6-12,15-19,21-22,25,27,29-34,36,45,49,53H,2,4-5,13-14,20,23-24,26,28H2,1H3/t33-,34?,45?,49?,53?/m1/s1. The number of allylic oxidation sites excluding steroid dienone is 5. The van der Waals surface area contributed by atoms with Crippen molar-refractivity contribution in [3.63, 3.8) is 0 Å². The second-order valence-electron chi connectivity index (χ2n) is 17.6. The molecule has 0 N–H and O–H groups in total. The third-order valence-electron chi connectivity index (χ3n) is 14.5. The molecule has 7 aliphatic rings. The van der Waals surface area contributed by atoms with Crippen LogP contribution < -0.4 is 4.90 Å². The fraction of sp³-hybridized carbons (Fsp3) is 0.321. The normalized spacial score (nSPS) is 25.7. The van der Waals surface area contributed by atoms with Crippen LogP contribution in [-0.2, 0) is 6.42 Å². The van der Waals surface area contributed by atoms with Crippen molar-refractivity contribution < 1.29 is 0 Å². The van der Waals surface area contributed by atoms with Gasteiger partial charge < -0.3 is 9.80 Å². The topological polar surface area (TPSA) is 6.48 Å². The highest BCUT2D eigenvalue weighted by atomic mass is 32.2. The highest BCUT2D eigenvalue weighted by Gasteiger charge is 2.45. The molecule has 0 saturated heterocycles. The lowest BCUT2D eigenvalue weighted by atomic mass is 9.69. The molecule has 1 aromatic heterocycles. The molecule has 0 radical (unpaired) electrons. The van der Waals surface area contributed by atoms with Crippen molar-refractivity contribution in [2.24, 2.45) is 11.8 Å². The van der Waals surface area contributed by atoms with Gasteiger partial charge in [0.2, 0.25) is 0 Å². The summed E-state index contributed by atoms with van der Waals surface area (Å²) in [5, 5.41) is 1.82. The fourth-order valence-electron chi connectivity index (χ4n) is 11.9. The van der Waals surface area contributed by atoms with E-state index in [0.29, 0.717) is 35.1 Å². The minimum Gasteiger partial charge on any atom is -0.360 e. The number of para-hydroxylation sites is 1. The Morgan fingerprint density at radius 3 is 2.49 bits per heavy atom. The first-order chi connectivity index (χ1) is 28.2. The molecule has 1 aliphatic heterocycles. The molecule has 0 spiro atoms. The van der Waals surface area contributed by atoms with E-state index in [0.717, 1.165) is 32.1 Å². The van der Waals surface area contributed by atoms with Gasteiger partial charge in [-0.3, -0.25) is 0 Å². The van der Waals surface area contributed by atoms with Crippen molar-refractivity contribution in [3.8, 4) is 0 Å². The number of thioether (sulfide) groups is 1. The van der Waals surface area contributed by atoms with E-state index in [-0.39, 0.29) is 0 Å². The molecule has 1 fully saturated rings. The Hall–Kier alpha value is -4.51. The summed E-state index contributed by atoms with van der Waals surface area (Å²) < 4.78 is 1.43. The van der Waals surface area contributed by atoms with Crippen LogP contribution in [0.2, 0.25) is 0 Å². The van der Waals surface area contributed by atoms with E-state index in [2.05, 4.69) is 167 Å². The van der Waals surface area contributed by atoms with Gasteiger partial charge in [-0.25, -0.2) is 0 Å². The lowest BCUT2D eigenvalue weighted by molar-refractivity contribution is 0.149. The van der Waals surface area contributed by atoms with Gasteiger partial charge in [0.25, 0.3) is 0 Å². The van der Waals surface area contributed by atoms with Crippen LogP contribution >= 0.6 is 23.1 Å². The van der Waals surface area contributed by atoms with Crippen LogP contribution in [-0.4, -0.2) is 16.2 Å². The Balaban J connectivity index is 1.00. The maximum atomic E-state index is 3.00. The first-order valence-electron chi connectivity index (χ1n) is 21.8. The van der Waals surface area contributed by atoms with Gasteiger partial charge in [-0.15, -0.1) is 23.1 Å². The summed E-state index contributed by atoms with van der Waals surface area (Å²) in [4.78, 5) is 8.72. The lowest BCUT2D eigenvalue weighted by Gasteiger charge is -2.47. The number of rotatable bonds is 6. The van der Waals surface area contributed by atoms with Crippen LogP contribution in [0.3, 0.4) is 0 Å². The van der Waals surface area contributed by atoms with Crippen LogP contribution in [0.25, 0.3) is 27.8 Å². The van der Waals surface area contributed by atoms with Crippen molar-refractivity contribution in [2.75, 3.05) is 4.90 Å². The van der Waals surface area contributed by atoms with Crippen LogP contribution in [0.4, 0.5) is 11.4 Å². The van der Waals surface area contributed by atoms with Crippen LogP contribution in [0, 0.1) is 11.8 Å². The van der Waals surface area contributed by atoms with Gasteiger partial charge in [0, 0.05) is 60.4 Å². The molecule has 0 amide bonds. The quantitative estimate of drug-likeness (QED) is 0.170. The molecular formula is C53H50N2S2. The van der Waals surface area contributed by atoms with Crippen molar-refractivity contribution in [1.29, 1.82) is 0 Å². The summed E-state index contributed by atoms with van der Waals surface area (Å²) >= 11 is 4.15. The number of hydrogen-bond acceptors (Lipinski definition) is 4. The van der Waals surface area contributed by atoms with Crippen molar-refractivity contribution in [2.45, 2.75) is 99.3 Å². The van der Waals surface area contributed by atoms with E-state index >= 15 is 0 Å². The highest BCUT2D eigenvalue weighted by molar-refractivity contribution is 8.00. The van der Waals surface area contributed by atoms with E-state index < -0.39 is 0 Å². The molecule has 57 heavy (non-hydrogen) atoms. The average molecular weight is 779 g/mol. The van der Waals surface area contributed by atoms with E-state index in [4.69, 9.17) is 0 Å². The number of fused-ring (bicyclic) bond motifs is 6. The number of aryl methyl sites for hydroxylation is 1. The molecule has 2 heterocycles. The Labute approximate surface area is 346 Å². The molecular weight excluding hydrogens is 729 g/mol. The highest BCUT2D eigenvalue weighted by Crippen LogP contribution is 2.58. The molecule has 1 saturated carbocycles. The molecule has 2 nitrogen and oxygen atoms in total. The zero-order valence-corrected chi connectivity index (χ0v) is 34.5. The summed E-state index contributed by atoms with van der Waals surface area (Å²) in [5.74, 6) is 1.58. The molecule has 5 aromatic rings. The maximum absolute atomic E-state index is 3.00. The Kier molecular flexibility index (Phi) is 8.36. The summed E-state index contributed by atoms with van der Waals surface area (Å²) in [5.41, 5.74) is 16.4. The number of benzene rings is 4. The second kappa shape index (κ2) is 13.8. The van der Waals surface area contributed by atoms with E-state index in [1.54, 1.807) is 38.4 Å². The van der Waals surface area contributed by atoms with Gasteiger partial charge in [-0.05, 0) is 115 Å². The molecule has 5 atom stereocenters. The molecule has 4 heteroatoms. The first kappa shape index (κ1) is 34.5. The third kappa shape index (κ3) is 5.42. The Bertz CT molecular complexity index is 2580. The minimum atomic E-state index is 0.390. The molecule has 6 aliphatic carbocycles. The van der Waals surface area contributed by atoms with Crippen molar-refractivity contribution in [3.05, 3.63) is 165 Å². The smallest absolute Gasteiger partial charge is 0.0679 e. The number of anilines is 2. The average Bonchev–Trinajstić information content (AvgIpc) is 3.86. The van der Waals surface area contributed by atoms with E-state index in [9.17, 15) is 0 Å². The number of hydrogen-bond donors (Lipinski definition) is 0. The summed E-state index contributed by atoms with van der Waals surface area (Å²) in [7, 11) is 0. The first-order valence-corrected chi connectivity index (χ1v) is 23.5. The maximum Gasteiger partial charge on any atom is 0.0679 e. The van der Waals surface area contributed by atoms with Gasteiger partial charge in [-0.1, -0.05) is 123 Å². The molecule has 4 aromatic carbocycles. The Morgan fingerprint density at radius 2 is 1.58 bits per heavy atom. The van der Waals surface area contributed by atoms with Gasteiger partial charge >= 0.3 is 0 Å². The minimum absolute atomic E-state index is 0.390. The summed E-state index contributed by atoms with van der Waals surface area (Å²) in [6.07, 6.45) is 27.5. The monoisotopic (exact) mass is 778 g/mol. The second-order valence-corrected chi connectivity index (χ2v) is 19.8. The van der Waals surface area contributed by atoms with Crippen molar-refractivity contribution >= 4 is 62.3 Å². The largest absolute Gasteiger partial charge is 0.360 e. The summed E-state index contributed by atoms with van der Waals surface area (Å²) in [6.45, 7) is 2.47. The fourth-order valence-corrected chi connectivity index (χ4v) is 14.9.